The lowest BCUT2D eigenvalue weighted by molar-refractivity contribution is 0.500. The Labute approximate surface area is 131 Å². The molecule has 0 saturated carbocycles. The molecule has 0 radical (unpaired) electrons. The second-order valence-corrected chi connectivity index (χ2v) is 5.30. The Balaban J connectivity index is 1.51. The Hall–Kier alpha value is -3.02. The van der Waals surface area contributed by atoms with Crippen molar-refractivity contribution in [1.82, 2.24) is 19.5 Å². The van der Waals surface area contributed by atoms with Gasteiger partial charge in [-0.15, -0.1) is 0 Å². The molecule has 0 saturated heterocycles. The number of hydrogen-bond donors (Lipinski definition) is 0. The largest absolute Gasteiger partial charge is 0.441 e. The summed E-state index contributed by atoms with van der Waals surface area (Å²) in [7, 11) is 0. The minimum atomic E-state index is -0.0688. The molecule has 0 aliphatic heterocycles. The molecule has 0 bridgehead atoms. The maximum Gasteiger partial charge on any atom is 0.262 e. The molecular weight excluding hydrogens is 292 g/mol. The number of benzene rings is 1. The van der Waals surface area contributed by atoms with Gasteiger partial charge in [0.05, 0.1) is 11.7 Å². The maximum atomic E-state index is 12.4. The molecule has 0 unspecified atom stereocenters. The first-order valence-corrected chi connectivity index (χ1v) is 7.46. The smallest absolute Gasteiger partial charge is 0.262 e. The van der Waals surface area contributed by atoms with Gasteiger partial charge in [0.15, 0.2) is 17.1 Å². The highest BCUT2D eigenvalue weighted by molar-refractivity contribution is 5.72. The van der Waals surface area contributed by atoms with Crippen molar-refractivity contribution in [1.29, 1.82) is 0 Å². The Morgan fingerprint density at radius 3 is 2.91 bits per heavy atom. The fraction of sp³-hybridized carbons (Fsp3) is 0.176. The summed E-state index contributed by atoms with van der Waals surface area (Å²) in [6.07, 6.45) is 4.60. The molecule has 3 heterocycles. The van der Waals surface area contributed by atoms with E-state index in [2.05, 4.69) is 15.0 Å². The zero-order valence-electron chi connectivity index (χ0n) is 12.3. The van der Waals surface area contributed by atoms with Crippen molar-refractivity contribution in [3.05, 3.63) is 65.2 Å². The van der Waals surface area contributed by atoms with E-state index in [0.29, 0.717) is 29.9 Å². The Kier molecular flexibility index (Phi) is 3.34. The Morgan fingerprint density at radius 1 is 1.09 bits per heavy atom. The summed E-state index contributed by atoms with van der Waals surface area (Å²) in [5.41, 5.74) is 2.06. The molecule has 6 nitrogen and oxygen atoms in total. The topological polar surface area (TPSA) is 73.8 Å². The first-order valence-electron chi connectivity index (χ1n) is 7.46. The van der Waals surface area contributed by atoms with Crippen LogP contribution in [0.3, 0.4) is 0 Å². The number of rotatable bonds is 4. The van der Waals surface area contributed by atoms with Gasteiger partial charge in [-0.25, -0.2) is 15.0 Å². The average molecular weight is 306 g/mol. The average Bonchev–Trinajstić information content (AvgIpc) is 3.00. The normalized spacial score (nSPS) is 11.3. The molecule has 23 heavy (non-hydrogen) atoms. The number of nitrogens with zero attached hydrogens (tertiary/aromatic N) is 4. The highest BCUT2D eigenvalue weighted by Crippen LogP contribution is 2.15. The number of aryl methyl sites for hydroxylation is 2. The van der Waals surface area contributed by atoms with Gasteiger partial charge in [-0.3, -0.25) is 9.36 Å². The highest BCUT2D eigenvalue weighted by Gasteiger charge is 2.07. The first kappa shape index (κ1) is 13.6. The number of oxazole rings is 1. The van der Waals surface area contributed by atoms with Gasteiger partial charge < -0.3 is 4.42 Å². The van der Waals surface area contributed by atoms with Crippen LogP contribution in [0.2, 0.25) is 0 Å². The third kappa shape index (κ3) is 2.59. The number of aromatic nitrogens is 4. The van der Waals surface area contributed by atoms with Crippen LogP contribution in [0.5, 0.6) is 0 Å². The molecule has 6 heteroatoms. The first-order chi connectivity index (χ1) is 11.3. The van der Waals surface area contributed by atoms with Gasteiger partial charge in [0.2, 0.25) is 0 Å². The molecule has 4 aromatic rings. The molecule has 3 aromatic heterocycles. The predicted molar refractivity (Wildman–Crippen MR) is 86.1 cm³/mol. The van der Waals surface area contributed by atoms with E-state index in [4.69, 9.17) is 4.42 Å². The number of pyridine rings is 1. The second-order valence-electron chi connectivity index (χ2n) is 5.30. The lowest BCUT2D eigenvalue weighted by Crippen LogP contribution is -2.21. The van der Waals surface area contributed by atoms with Crippen molar-refractivity contribution in [3.63, 3.8) is 0 Å². The molecule has 114 valence electrons. The summed E-state index contributed by atoms with van der Waals surface area (Å²) < 4.78 is 7.29. The van der Waals surface area contributed by atoms with E-state index in [1.54, 1.807) is 29.2 Å². The van der Waals surface area contributed by atoms with Gasteiger partial charge in [0.25, 0.3) is 5.56 Å². The van der Waals surface area contributed by atoms with Gasteiger partial charge in [-0.05, 0) is 30.7 Å². The third-order valence-corrected chi connectivity index (χ3v) is 3.73. The summed E-state index contributed by atoms with van der Waals surface area (Å²) in [6, 6.07) is 11.2. The summed E-state index contributed by atoms with van der Waals surface area (Å²) >= 11 is 0. The third-order valence-electron chi connectivity index (χ3n) is 3.73. The van der Waals surface area contributed by atoms with E-state index in [-0.39, 0.29) is 5.56 Å². The van der Waals surface area contributed by atoms with Gasteiger partial charge in [-0.2, -0.15) is 0 Å². The van der Waals surface area contributed by atoms with E-state index >= 15 is 0 Å². The van der Waals surface area contributed by atoms with Crippen LogP contribution < -0.4 is 5.56 Å². The molecule has 0 N–H and O–H groups in total. The maximum absolute atomic E-state index is 12.4. The van der Waals surface area contributed by atoms with Crippen molar-refractivity contribution < 1.29 is 4.42 Å². The molecule has 0 spiro atoms. The van der Waals surface area contributed by atoms with Crippen molar-refractivity contribution in [2.75, 3.05) is 0 Å². The summed E-state index contributed by atoms with van der Waals surface area (Å²) in [5, 5.41) is 0.539. The lowest BCUT2D eigenvalue weighted by Gasteiger charge is -2.04. The van der Waals surface area contributed by atoms with Gasteiger partial charge in [0.1, 0.15) is 5.52 Å². The predicted octanol–water partition coefficient (Wildman–Crippen LogP) is 2.57. The lowest BCUT2D eigenvalue weighted by atomic mass is 10.3. The molecule has 0 fully saturated rings. The van der Waals surface area contributed by atoms with Crippen LogP contribution in [0.15, 0.2) is 58.1 Å². The van der Waals surface area contributed by atoms with Crippen molar-refractivity contribution >= 4 is 22.1 Å². The van der Waals surface area contributed by atoms with Crippen LogP contribution >= 0.6 is 0 Å². The van der Waals surface area contributed by atoms with Crippen LogP contribution in [0, 0.1) is 0 Å². The van der Waals surface area contributed by atoms with Gasteiger partial charge in [-0.1, -0.05) is 12.1 Å². The Morgan fingerprint density at radius 2 is 2.00 bits per heavy atom. The monoisotopic (exact) mass is 306 g/mol. The minimum absolute atomic E-state index is 0.0688. The van der Waals surface area contributed by atoms with Gasteiger partial charge in [0, 0.05) is 19.2 Å². The standard InChI is InChI=1S/C17H14N4O2/c22-17-12-5-3-9-18-16(12)19-11-21(17)10-4-8-15-20-13-6-1-2-7-14(13)23-15/h1-3,5-7,9,11H,4,8,10H2. The molecule has 1 aromatic carbocycles. The zero-order chi connectivity index (χ0) is 15.6. The quantitative estimate of drug-likeness (QED) is 0.579. The van der Waals surface area contributed by atoms with E-state index in [1.807, 2.05) is 24.3 Å². The second kappa shape index (κ2) is 5.64. The molecular formula is C17H14N4O2. The summed E-state index contributed by atoms with van der Waals surface area (Å²) in [4.78, 5) is 25.1. The molecule has 4 rings (SSSR count). The molecule has 0 atom stereocenters. The Bertz CT molecular complexity index is 1000. The van der Waals surface area contributed by atoms with Crippen molar-refractivity contribution in [2.24, 2.45) is 0 Å². The number of fused-ring (bicyclic) bond motifs is 2. The minimum Gasteiger partial charge on any atom is -0.441 e. The van der Waals surface area contributed by atoms with Crippen molar-refractivity contribution in [3.8, 4) is 0 Å². The van der Waals surface area contributed by atoms with E-state index in [0.717, 1.165) is 17.5 Å². The van der Waals surface area contributed by atoms with Crippen LogP contribution in [-0.4, -0.2) is 19.5 Å². The fourth-order valence-corrected chi connectivity index (χ4v) is 2.59. The van der Waals surface area contributed by atoms with Gasteiger partial charge >= 0.3 is 0 Å². The van der Waals surface area contributed by atoms with Crippen LogP contribution in [0.1, 0.15) is 12.3 Å². The van der Waals surface area contributed by atoms with E-state index < -0.39 is 0 Å². The summed E-state index contributed by atoms with van der Waals surface area (Å²) in [6.45, 7) is 0.565. The highest BCUT2D eigenvalue weighted by atomic mass is 16.3. The molecule has 0 aliphatic carbocycles. The van der Waals surface area contributed by atoms with Crippen LogP contribution in [0.25, 0.3) is 22.1 Å². The van der Waals surface area contributed by atoms with E-state index in [1.165, 1.54) is 0 Å². The SMILES string of the molecule is O=c1c2cccnc2ncn1CCCc1nc2ccccc2o1. The fourth-order valence-electron chi connectivity index (χ4n) is 2.59. The number of hydrogen-bond acceptors (Lipinski definition) is 5. The van der Waals surface area contributed by atoms with Crippen molar-refractivity contribution in [2.45, 2.75) is 19.4 Å². The molecule has 0 amide bonds. The molecule has 0 aliphatic rings. The van der Waals surface area contributed by atoms with Crippen LogP contribution in [0.4, 0.5) is 0 Å². The zero-order valence-corrected chi connectivity index (χ0v) is 12.3. The number of para-hydroxylation sites is 2. The van der Waals surface area contributed by atoms with Crippen LogP contribution in [-0.2, 0) is 13.0 Å². The summed E-state index contributed by atoms with van der Waals surface area (Å²) in [5.74, 6) is 0.690. The van der Waals surface area contributed by atoms with E-state index in [9.17, 15) is 4.79 Å².